The molecule has 0 bridgehead atoms. The number of aliphatic hydroxyl groups excluding tert-OH is 2. The van der Waals surface area contributed by atoms with Crippen molar-refractivity contribution in [2.45, 2.75) is 77.6 Å². The molecule has 1 fully saturated rings. The second kappa shape index (κ2) is 8.94. The van der Waals surface area contributed by atoms with Gasteiger partial charge in [0.1, 0.15) is 12.2 Å². The van der Waals surface area contributed by atoms with E-state index in [4.69, 9.17) is 4.74 Å². The normalized spacial score (nSPS) is 28.5. The van der Waals surface area contributed by atoms with E-state index in [2.05, 4.69) is 45.9 Å². The third-order valence-electron chi connectivity index (χ3n) is 5.20. The van der Waals surface area contributed by atoms with Crippen molar-refractivity contribution in [2.24, 2.45) is 0 Å². The van der Waals surface area contributed by atoms with Gasteiger partial charge in [0.25, 0.3) is 0 Å². The number of carbonyl (C=O) groups excluding carboxylic acids is 1. The van der Waals surface area contributed by atoms with Crippen molar-refractivity contribution in [1.82, 2.24) is 0 Å². The fraction of sp³-hybridized carbons (Fsp3) is 0.591. The molecule has 2 aliphatic rings. The zero-order valence-corrected chi connectivity index (χ0v) is 16.4. The van der Waals surface area contributed by atoms with E-state index in [0.29, 0.717) is 12.0 Å². The molecule has 0 aromatic rings. The highest BCUT2D eigenvalue weighted by atomic mass is 16.6. The van der Waals surface area contributed by atoms with Crippen LogP contribution in [0, 0.1) is 0 Å². The lowest BCUT2D eigenvalue weighted by atomic mass is 9.84. The monoisotopic (exact) mass is 360 g/mol. The number of ketones is 1. The second-order valence-corrected chi connectivity index (χ2v) is 7.78. The topological polar surface area (TPSA) is 70.1 Å². The molecule has 0 radical (unpaired) electrons. The number of epoxide rings is 1. The minimum absolute atomic E-state index is 0.143. The Labute approximate surface area is 156 Å². The molecule has 1 heterocycles. The lowest BCUT2D eigenvalue weighted by Crippen LogP contribution is -2.37. The molecule has 0 aromatic heterocycles. The maximum absolute atomic E-state index is 12.3. The largest absolute Gasteiger partial charge is 0.392 e. The number of carbonyl (C=O) groups is 1. The average Bonchev–Trinajstić information content (AvgIpc) is 3.33. The van der Waals surface area contributed by atoms with Gasteiger partial charge in [-0.25, -0.2) is 0 Å². The summed E-state index contributed by atoms with van der Waals surface area (Å²) in [6.07, 6.45) is 11.2. The lowest BCUT2D eigenvalue weighted by Gasteiger charge is -2.19. The van der Waals surface area contributed by atoms with Crippen LogP contribution in [0.2, 0.25) is 0 Å². The first-order chi connectivity index (χ1) is 12.3. The highest BCUT2D eigenvalue weighted by Crippen LogP contribution is 2.48. The summed E-state index contributed by atoms with van der Waals surface area (Å²) in [5.41, 5.74) is 3.44. The van der Waals surface area contributed by atoms with E-state index < -0.39 is 17.8 Å². The number of hydrogen-bond acceptors (Lipinski definition) is 4. The van der Waals surface area contributed by atoms with Gasteiger partial charge in [-0.2, -0.15) is 0 Å². The van der Waals surface area contributed by atoms with Crippen LogP contribution in [0.15, 0.2) is 46.6 Å². The number of allylic oxidation sites excluding steroid dienone is 5. The number of aliphatic hydroxyl groups is 2. The number of ether oxygens (including phenoxy) is 1. The molecule has 1 aliphatic carbocycles. The van der Waals surface area contributed by atoms with Gasteiger partial charge in [0, 0.05) is 6.42 Å². The van der Waals surface area contributed by atoms with Crippen LogP contribution in [0.5, 0.6) is 0 Å². The van der Waals surface area contributed by atoms with E-state index in [0.717, 1.165) is 25.7 Å². The number of fused-ring (bicyclic) bond motifs is 1. The summed E-state index contributed by atoms with van der Waals surface area (Å²) in [6.45, 7) is 8.18. The molecule has 3 atom stereocenters. The van der Waals surface area contributed by atoms with E-state index in [9.17, 15) is 15.0 Å². The predicted octanol–water partition coefficient (Wildman–Crippen LogP) is 3.80. The van der Waals surface area contributed by atoms with Crippen LogP contribution in [0.4, 0.5) is 0 Å². The molecule has 2 rings (SSSR count). The predicted molar refractivity (Wildman–Crippen MR) is 104 cm³/mol. The molecule has 0 spiro atoms. The number of hydrogen-bond donors (Lipinski definition) is 2. The van der Waals surface area contributed by atoms with Gasteiger partial charge in [-0.3, -0.25) is 4.79 Å². The third-order valence-corrected chi connectivity index (χ3v) is 5.20. The van der Waals surface area contributed by atoms with Crippen LogP contribution in [-0.4, -0.2) is 40.4 Å². The second-order valence-electron chi connectivity index (χ2n) is 7.78. The van der Waals surface area contributed by atoms with Crippen LogP contribution in [-0.2, 0) is 9.53 Å². The molecule has 0 aromatic carbocycles. The van der Waals surface area contributed by atoms with Crippen molar-refractivity contribution < 1.29 is 19.7 Å². The number of rotatable bonds is 9. The van der Waals surface area contributed by atoms with Gasteiger partial charge < -0.3 is 14.9 Å². The maximum Gasteiger partial charge on any atom is 0.190 e. The van der Waals surface area contributed by atoms with Crippen molar-refractivity contribution in [2.75, 3.05) is 6.61 Å². The first kappa shape index (κ1) is 20.8. The van der Waals surface area contributed by atoms with Gasteiger partial charge in [0.2, 0.25) is 0 Å². The van der Waals surface area contributed by atoms with Crippen molar-refractivity contribution in [3.8, 4) is 0 Å². The molecule has 3 unspecified atom stereocenters. The zero-order valence-electron chi connectivity index (χ0n) is 16.4. The van der Waals surface area contributed by atoms with Crippen molar-refractivity contribution >= 4 is 5.78 Å². The maximum atomic E-state index is 12.3. The summed E-state index contributed by atoms with van der Waals surface area (Å²) in [5, 5.41) is 19.3. The van der Waals surface area contributed by atoms with Crippen LogP contribution >= 0.6 is 0 Å². The molecular formula is C22H32O4. The summed E-state index contributed by atoms with van der Waals surface area (Å²) in [5.74, 6) is -0.143. The van der Waals surface area contributed by atoms with E-state index in [1.54, 1.807) is 0 Å². The van der Waals surface area contributed by atoms with Crippen LogP contribution in [0.1, 0.15) is 59.8 Å². The molecule has 26 heavy (non-hydrogen) atoms. The van der Waals surface area contributed by atoms with Gasteiger partial charge >= 0.3 is 0 Å². The summed E-state index contributed by atoms with van der Waals surface area (Å²) >= 11 is 0. The van der Waals surface area contributed by atoms with Gasteiger partial charge in [-0.05, 0) is 65.0 Å². The van der Waals surface area contributed by atoms with Crippen molar-refractivity contribution in [1.29, 1.82) is 0 Å². The molecule has 4 nitrogen and oxygen atoms in total. The van der Waals surface area contributed by atoms with Crippen molar-refractivity contribution in [3.05, 3.63) is 46.6 Å². The Morgan fingerprint density at radius 3 is 2.35 bits per heavy atom. The first-order valence-corrected chi connectivity index (χ1v) is 9.46. The molecule has 1 saturated heterocycles. The van der Waals surface area contributed by atoms with E-state index in [1.807, 2.05) is 0 Å². The van der Waals surface area contributed by atoms with Gasteiger partial charge in [-0.1, -0.05) is 34.9 Å². The Kier molecular flexibility index (Phi) is 7.16. The molecule has 4 heteroatoms. The Balaban J connectivity index is 1.82. The Morgan fingerprint density at radius 2 is 1.73 bits per heavy atom. The molecular weight excluding hydrogens is 328 g/mol. The SMILES string of the molecule is CC(C)=CCCC(C)=CCCC(C)=CCC12OC1C(O)C(CO)=CC2=O. The van der Waals surface area contributed by atoms with E-state index >= 15 is 0 Å². The molecule has 0 saturated carbocycles. The zero-order chi connectivity index (χ0) is 19.3. The van der Waals surface area contributed by atoms with Gasteiger partial charge in [0.05, 0.1) is 6.61 Å². The summed E-state index contributed by atoms with van der Waals surface area (Å²) in [4.78, 5) is 12.3. The highest BCUT2D eigenvalue weighted by molar-refractivity contribution is 6.02. The highest BCUT2D eigenvalue weighted by Gasteiger charge is 2.66. The summed E-state index contributed by atoms with van der Waals surface area (Å²) < 4.78 is 5.55. The fourth-order valence-corrected chi connectivity index (χ4v) is 3.35. The molecule has 0 amide bonds. The standard InChI is InChI=1S/C22H32O4/c1-15(2)7-5-8-16(3)9-6-10-17(4)11-12-22-19(24)13-18(14-23)20(25)21(22)26-22/h7,9,11,13,20-21,23,25H,5-6,8,10,12,14H2,1-4H3. The molecule has 144 valence electrons. The molecule has 2 N–H and O–H groups in total. The smallest absolute Gasteiger partial charge is 0.190 e. The Morgan fingerprint density at radius 1 is 1.12 bits per heavy atom. The summed E-state index contributed by atoms with van der Waals surface area (Å²) in [6, 6.07) is 0. The van der Waals surface area contributed by atoms with Crippen LogP contribution in [0.3, 0.4) is 0 Å². The van der Waals surface area contributed by atoms with Crippen molar-refractivity contribution in [3.63, 3.8) is 0 Å². The Bertz CT molecular complexity index is 649. The lowest BCUT2D eigenvalue weighted by molar-refractivity contribution is -0.119. The van der Waals surface area contributed by atoms with E-state index in [-0.39, 0.29) is 12.4 Å². The Hall–Kier alpha value is -1.49. The third kappa shape index (κ3) is 5.03. The van der Waals surface area contributed by atoms with E-state index in [1.165, 1.54) is 22.8 Å². The van der Waals surface area contributed by atoms with Crippen LogP contribution in [0.25, 0.3) is 0 Å². The fourth-order valence-electron chi connectivity index (χ4n) is 3.35. The molecule has 1 aliphatic heterocycles. The van der Waals surface area contributed by atoms with Crippen LogP contribution < -0.4 is 0 Å². The first-order valence-electron chi connectivity index (χ1n) is 9.46. The average molecular weight is 360 g/mol. The quantitative estimate of drug-likeness (QED) is 0.485. The summed E-state index contributed by atoms with van der Waals surface area (Å²) in [7, 11) is 0. The van der Waals surface area contributed by atoms with Gasteiger partial charge in [0.15, 0.2) is 11.4 Å². The minimum Gasteiger partial charge on any atom is -0.392 e. The minimum atomic E-state index is -0.907. The van der Waals surface area contributed by atoms with Gasteiger partial charge in [-0.15, -0.1) is 0 Å².